The Morgan fingerprint density at radius 3 is 2.00 bits per heavy atom. The van der Waals surface area contributed by atoms with Crippen molar-refractivity contribution < 1.29 is 33.6 Å². The molecule has 1 N–H and O–H groups in total. The lowest BCUT2D eigenvalue weighted by Gasteiger charge is -2.27. The summed E-state index contributed by atoms with van der Waals surface area (Å²) in [5.41, 5.74) is 0. The van der Waals surface area contributed by atoms with Crippen LogP contribution in [0.2, 0.25) is 0 Å². The summed E-state index contributed by atoms with van der Waals surface area (Å²) in [6, 6.07) is 0. The van der Waals surface area contributed by atoms with Crippen LogP contribution in [0.25, 0.3) is 0 Å². The summed E-state index contributed by atoms with van der Waals surface area (Å²) in [6.07, 6.45) is 7.48. The summed E-state index contributed by atoms with van der Waals surface area (Å²) in [5, 5.41) is 8.61. The lowest BCUT2D eigenvalue weighted by atomic mass is 9.95. The van der Waals surface area contributed by atoms with E-state index < -0.39 is 12.3 Å². The number of unbranched alkanes of at least 4 members (excludes halogenated alkanes) is 2. The molecule has 1 aliphatic carbocycles. The van der Waals surface area contributed by atoms with Gasteiger partial charge < -0.3 is 24.1 Å². The van der Waals surface area contributed by atoms with E-state index in [2.05, 4.69) is 18.6 Å². The molecule has 0 saturated heterocycles. The third kappa shape index (κ3) is 11.1. The van der Waals surface area contributed by atoms with Crippen LogP contribution in [0.5, 0.6) is 0 Å². The third-order valence-corrected chi connectivity index (χ3v) is 4.81. The maximum absolute atomic E-state index is 12.0. The largest absolute Gasteiger partial charge is 0.508 e. The molecule has 1 fully saturated rings. The first-order valence-electron chi connectivity index (χ1n) is 10.4. The fraction of sp³-hybridized carbons (Fsp3) is 0.900. The Kier molecular flexibility index (Phi) is 12.7. The molecule has 1 saturated carbocycles. The summed E-state index contributed by atoms with van der Waals surface area (Å²) in [7, 11) is 0. The molecule has 0 aliphatic heterocycles. The van der Waals surface area contributed by atoms with Crippen LogP contribution < -0.4 is 0 Å². The maximum Gasteiger partial charge on any atom is 0.508 e. The molecule has 0 spiro atoms. The highest BCUT2D eigenvalue weighted by atomic mass is 16.7. The van der Waals surface area contributed by atoms with Crippen LogP contribution in [0.4, 0.5) is 9.59 Å². The van der Waals surface area contributed by atoms with Gasteiger partial charge in [-0.1, -0.05) is 39.5 Å². The number of hydrogen-bond donors (Lipinski definition) is 1. The smallest absolute Gasteiger partial charge is 0.434 e. The van der Waals surface area contributed by atoms with Gasteiger partial charge in [0.05, 0.1) is 13.2 Å². The molecule has 158 valence electrons. The molecule has 1 rings (SSSR count). The third-order valence-electron chi connectivity index (χ3n) is 4.81. The normalized spacial score (nSPS) is 20.6. The highest BCUT2D eigenvalue weighted by Gasteiger charge is 2.27. The lowest BCUT2D eigenvalue weighted by molar-refractivity contribution is -0.0313. The molecule has 1 unspecified atom stereocenters. The average molecular weight is 389 g/mol. The Morgan fingerprint density at radius 2 is 1.48 bits per heavy atom. The van der Waals surface area contributed by atoms with Gasteiger partial charge in [-0.25, -0.2) is 9.59 Å². The van der Waals surface area contributed by atoms with Gasteiger partial charge in [0, 0.05) is 0 Å². The van der Waals surface area contributed by atoms with E-state index in [-0.39, 0.29) is 25.4 Å². The van der Waals surface area contributed by atoms with E-state index in [1.807, 2.05) is 0 Å². The lowest BCUT2D eigenvalue weighted by Crippen LogP contribution is -2.30. The van der Waals surface area contributed by atoms with Crippen molar-refractivity contribution in [2.24, 2.45) is 5.92 Å². The molecular weight excluding hydrogens is 352 g/mol. The van der Waals surface area contributed by atoms with E-state index >= 15 is 0 Å². The average Bonchev–Trinajstić information content (AvgIpc) is 2.66. The topological polar surface area (TPSA) is 91.3 Å². The molecule has 7 nitrogen and oxygen atoms in total. The highest BCUT2D eigenvalue weighted by Crippen LogP contribution is 2.24. The van der Waals surface area contributed by atoms with Crippen LogP contribution in [0.1, 0.15) is 78.1 Å². The molecule has 0 heterocycles. The Labute approximate surface area is 162 Å². The van der Waals surface area contributed by atoms with Crippen LogP contribution in [0.3, 0.4) is 0 Å². The van der Waals surface area contributed by atoms with Gasteiger partial charge in [-0.2, -0.15) is 0 Å². The standard InChI is InChI=1S/C20H36O7/c1-3-5-6-8-16(7-4-2)15-25-20(23)27-18-11-9-17(10-12-18)26-19(22)24-14-13-21/h16-18,21H,3-15H2,1-2H3. The second-order valence-corrected chi connectivity index (χ2v) is 7.17. The van der Waals surface area contributed by atoms with Crippen molar-refractivity contribution >= 4 is 12.3 Å². The predicted molar refractivity (Wildman–Crippen MR) is 101 cm³/mol. The molecule has 27 heavy (non-hydrogen) atoms. The van der Waals surface area contributed by atoms with E-state index in [9.17, 15) is 9.59 Å². The van der Waals surface area contributed by atoms with Gasteiger partial charge in [0.1, 0.15) is 18.8 Å². The van der Waals surface area contributed by atoms with Crippen LogP contribution in [-0.4, -0.2) is 49.4 Å². The Balaban J connectivity index is 2.20. The number of aliphatic hydroxyl groups is 1. The molecule has 7 heteroatoms. The number of carbonyl (C=O) groups excluding carboxylic acids is 2. The number of rotatable bonds is 12. The number of carbonyl (C=O) groups is 2. The molecule has 1 aliphatic rings. The van der Waals surface area contributed by atoms with Gasteiger partial charge in [0.15, 0.2) is 0 Å². The number of ether oxygens (including phenoxy) is 4. The summed E-state index contributed by atoms with van der Waals surface area (Å²) in [6.45, 7) is 4.45. The van der Waals surface area contributed by atoms with Crippen LogP contribution >= 0.6 is 0 Å². The van der Waals surface area contributed by atoms with Gasteiger partial charge in [0.2, 0.25) is 0 Å². The molecule has 0 amide bonds. The van der Waals surface area contributed by atoms with Crippen molar-refractivity contribution in [3.05, 3.63) is 0 Å². The van der Waals surface area contributed by atoms with Gasteiger partial charge in [0.25, 0.3) is 0 Å². The van der Waals surface area contributed by atoms with Crippen LogP contribution in [0.15, 0.2) is 0 Å². The minimum atomic E-state index is -0.766. The zero-order chi connectivity index (χ0) is 19.9. The van der Waals surface area contributed by atoms with E-state index in [0.29, 0.717) is 38.2 Å². The molecule has 0 aromatic heterocycles. The van der Waals surface area contributed by atoms with E-state index in [1.165, 1.54) is 19.3 Å². The van der Waals surface area contributed by atoms with Crippen molar-refractivity contribution in [3.63, 3.8) is 0 Å². The maximum atomic E-state index is 12.0. The molecule has 0 aromatic carbocycles. The van der Waals surface area contributed by atoms with E-state index in [0.717, 1.165) is 19.3 Å². The zero-order valence-corrected chi connectivity index (χ0v) is 16.8. The molecule has 0 radical (unpaired) electrons. The predicted octanol–water partition coefficient (Wildman–Crippen LogP) is 4.59. The summed E-state index contributed by atoms with van der Waals surface area (Å²) >= 11 is 0. The van der Waals surface area contributed by atoms with E-state index in [4.69, 9.17) is 19.3 Å². The summed E-state index contributed by atoms with van der Waals surface area (Å²) in [4.78, 5) is 23.3. The fourth-order valence-electron chi connectivity index (χ4n) is 3.33. The van der Waals surface area contributed by atoms with Crippen molar-refractivity contribution in [1.82, 2.24) is 0 Å². The molecule has 0 bridgehead atoms. The van der Waals surface area contributed by atoms with E-state index in [1.54, 1.807) is 0 Å². The first-order valence-corrected chi connectivity index (χ1v) is 10.4. The minimum Gasteiger partial charge on any atom is -0.434 e. The van der Waals surface area contributed by atoms with Gasteiger partial charge in [-0.15, -0.1) is 0 Å². The van der Waals surface area contributed by atoms with Crippen molar-refractivity contribution in [3.8, 4) is 0 Å². The van der Waals surface area contributed by atoms with Gasteiger partial charge in [-0.3, -0.25) is 0 Å². The quantitative estimate of drug-likeness (QED) is 0.386. The van der Waals surface area contributed by atoms with Crippen molar-refractivity contribution in [2.45, 2.75) is 90.3 Å². The minimum absolute atomic E-state index is 0.0688. The fourth-order valence-corrected chi connectivity index (χ4v) is 3.33. The van der Waals surface area contributed by atoms with Crippen LogP contribution in [0, 0.1) is 5.92 Å². The Bertz CT molecular complexity index is 405. The Morgan fingerprint density at radius 1 is 0.889 bits per heavy atom. The number of hydrogen-bond acceptors (Lipinski definition) is 7. The van der Waals surface area contributed by atoms with Crippen molar-refractivity contribution in [2.75, 3.05) is 19.8 Å². The zero-order valence-electron chi connectivity index (χ0n) is 16.8. The summed E-state index contributed by atoms with van der Waals surface area (Å²) < 4.78 is 20.6. The molecule has 1 atom stereocenters. The summed E-state index contributed by atoms with van der Waals surface area (Å²) in [5.74, 6) is 0.406. The second-order valence-electron chi connectivity index (χ2n) is 7.17. The molecule has 0 aromatic rings. The second kappa shape index (κ2) is 14.5. The van der Waals surface area contributed by atoms with Gasteiger partial charge in [-0.05, 0) is 44.4 Å². The monoisotopic (exact) mass is 388 g/mol. The highest BCUT2D eigenvalue weighted by molar-refractivity contribution is 5.60. The van der Waals surface area contributed by atoms with Crippen molar-refractivity contribution in [1.29, 1.82) is 0 Å². The van der Waals surface area contributed by atoms with Gasteiger partial charge >= 0.3 is 12.3 Å². The SMILES string of the molecule is CCCCCC(CCC)COC(=O)OC1CCC(OC(=O)OCCO)CC1. The van der Waals surface area contributed by atoms with Crippen LogP contribution in [-0.2, 0) is 18.9 Å². The Hall–Kier alpha value is -1.50. The first-order chi connectivity index (χ1) is 13.1. The molecular formula is C20H36O7. The first kappa shape index (κ1) is 23.5. The number of aliphatic hydroxyl groups excluding tert-OH is 1.